The second-order valence-corrected chi connectivity index (χ2v) is 4.64. The van der Waals surface area contributed by atoms with E-state index in [0.717, 1.165) is 0 Å². The number of halogens is 1. The van der Waals surface area contributed by atoms with Crippen molar-refractivity contribution in [3.05, 3.63) is 41.8 Å². The molecule has 0 fully saturated rings. The van der Waals surface area contributed by atoms with Crippen LogP contribution in [0, 0.1) is 0 Å². The zero-order valence-corrected chi connectivity index (χ0v) is 12.3. The normalized spacial score (nSPS) is 10.3. The molecule has 0 saturated carbocycles. The quantitative estimate of drug-likeness (QED) is 0.579. The number of nitrogens with zero attached hydrogens (tertiary/aromatic N) is 4. The summed E-state index contributed by atoms with van der Waals surface area (Å²) in [6.07, 6.45) is 3.07. The Bertz CT molecular complexity index is 918. The van der Waals surface area contributed by atoms with Crippen molar-refractivity contribution >= 4 is 23.2 Å². The zero-order chi connectivity index (χ0) is 14.4. The highest BCUT2D eigenvalue weighted by Crippen LogP contribution is 2.31. The Morgan fingerprint density at radius 3 is 2.26 bits per heavy atom. The van der Waals surface area contributed by atoms with Crippen molar-refractivity contribution < 1.29 is 19.8 Å². The van der Waals surface area contributed by atoms with Crippen LogP contribution in [0.3, 0.4) is 0 Å². The molecular formula is C13H12ClN5O4. The van der Waals surface area contributed by atoms with E-state index in [1.165, 1.54) is 10.8 Å². The van der Waals surface area contributed by atoms with Crippen LogP contribution in [0.4, 0.5) is 5.95 Å². The van der Waals surface area contributed by atoms with E-state index in [-0.39, 0.29) is 16.9 Å². The minimum absolute atomic E-state index is 0. The molecule has 0 aliphatic rings. The van der Waals surface area contributed by atoms with Crippen LogP contribution >= 0.6 is 11.6 Å². The van der Waals surface area contributed by atoms with E-state index < -0.39 is 0 Å². The first kappa shape index (κ1) is 16.5. The van der Waals surface area contributed by atoms with Gasteiger partial charge in [0.15, 0.2) is 17.2 Å². The highest BCUT2D eigenvalue weighted by atomic mass is 35.5. The molecule has 0 saturated heterocycles. The zero-order valence-electron chi connectivity index (χ0n) is 11.5. The first-order valence-corrected chi connectivity index (χ1v) is 6.41. The molecule has 10 heteroatoms. The van der Waals surface area contributed by atoms with Crippen LogP contribution in [0.1, 0.15) is 0 Å². The van der Waals surface area contributed by atoms with Crippen LogP contribution in [0.5, 0.6) is 0 Å². The van der Waals surface area contributed by atoms with Crippen LogP contribution in [-0.4, -0.2) is 30.5 Å². The van der Waals surface area contributed by atoms with Crippen LogP contribution in [-0.2, 0) is 0 Å². The average molecular weight is 338 g/mol. The lowest BCUT2D eigenvalue weighted by atomic mass is 10.3. The summed E-state index contributed by atoms with van der Waals surface area (Å²) in [5.74, 6) is 1.54. The average Bonchev–Trinajstić information content (AvgIpc) is 3.19. The van der Waals surface area contributed by atoms with Gasteiger partial charge in [0.25, 0.3) is 0 Å². The number of rotatable bonds is 2. The van der Waals surface area contributed by atoms with Crippen molar-refractivity contribution in [2.45, 2.75) is 0 Å². The van der Waals surface area contributed by atoms with Gasteiger partial charge in [-0.05, 0) is 24.3 Å². The van der Waals surface area contributed by atoms with Crippen molar-refractivity contribution in [1.29, 1.82) is 0 Å². The largest absolute Gasteiger partial charge is 0.463 e. The molecule has 0 amide bonds. The summed E-state index contributed by atoms with van der Waals surface area (Å²) in [6, 6.07) is 6.98. The number of nitrogen functional groups attached to an aromatic ring is 1. The first-order valence-electron chi connectivity index (χ1n) is 6.03. The summed E-state index contributed by atoms with van der Waals surface area (Å²) < 4.78 is 11.9. The van der Waals surface area contributed by atoms with E-state index in [4.69, 9.17) is 26.2 Å². The summed E-state index contributed by atoms with van der Waals surface area (Å²) in [4.78, 5) is 8.51. The SMILES string of the molecule is Nc1nc(-c2ccco2)nc2c(Cl)c(-c3ccco3)nn12.O.O. The molecule has 4 heterocycles. The summed E-state index contributed by atoms with van der Waals surface area (Å²) >= 11 is 6.33. The van der Waals surface area contributed by atoms with Gasteiger partial charge in [-0.3, -0.25) is 0 Å². The van der Waals surface area contributed by atoms with Crippen molar-refractivity contribution in [2.24, 2.45) is 0 Å². The Kier molecular flexibility index (Phi) is 4.36. The Hall–Kier alpha value is -2.88. The maximum Gasteiger partial charge on any atom is 0.225 e. The minimum atomic E-state index is 0. The smallest absolute Gasteiger partial charge is 0.225 e. The number of anilines is 1. The van der Waals surface area contributed by atoms with Gasteiger partial charge in [0, 0.05) is 0 Å². The Morgan fingerprint density at radius 1 is 1.00 bits per heavy atom. The monoisotopic (exact) mass is 337 g/mol. The third kappa shape index (κ3) is 2.52. The molecule has 0 radical (unpaired) electrons. The fourth-order valence-corrected chi connectivity index (χ4v) is 2.27. The molecule has 0 aliphatic carbocycles. The molecule has 6 N–H and O–H groups in total. The molecule has 23 heavy (non-hydrogen) atoms. The minimum Gasteiger partial charge on any atom is -0.463 e. The van der Waals surface area contributed by atoms with Gasteiger partial charge >= 0.3 is 0 Å². The van der Waals surface area contributed by atoms with Gasteiger partial charge in [-0.1, -0.05) is 11.6 Å². The second-order valence-electron chi connectivity index (χ2n) is 4.26. The topological polar surface area (TPSA) is 158 Å². The van der Waals surface area contributed by atoms with Gasteiger partial charge in [0.2, 0.25) is 11.8 Å². The highest BCUT2D eigenvalue weighted by Gasteiger charge is 2.19. The molecule has 0 aromatic carbocycles. The fourth-order valence-electron chi connectivity index (χ4n) is 2.01. The third-order valence-corrected chi connectivity index (χ3v) is 3.30. The molecule has 0 spiro atoms. The van der Waals surface area contributed by atoms with Crippen molar-refractivity contribution in [2.75, 3.05) is 5.73 Å². The predicted octanol–water partition coefficient (Wildman–Crippen LogP) is 1.23. The second kappa shape index (κ2) is 6.08. The number of hydrogen-bond acceptors (Lipinski definition) is 6. The van der Waals surface area contributed by atoms with Gasteiger partial charge < -0.3 is 25.5 Å². The van der Waals surface area contributed by atoms with Gasteiger partial charge in [-0.25, -0.2) is 4.98 Å². The van der Waals surface area contributed by atoms with E-state index in [1.807, 2.05) is 0 Å². The number of hydrogen-bond donors (Lipinski definition) is 1. The summed E-state index contributed by atoms with van der Waals surface area (Å²) in [5, 5.41) is 4.63. The number of nitrogens with two attached hydrogens (primary N) is 1. The third-order valence-electron chi connectivity index (χ3n) is 2.95. The van der Waals surface area contributed by atoms with Gasteiger partial charge in [0.05, 0.1) is 12.5 Å². The molecule has 0 atom stereocenters. The number of furan rings is 2. The summed E-state index contributed by atoms with van der Waals surface area (Å²) in [5.41, 5.74) is 6.77. The Labute approximate surface area is 133 Å². The predicted molar refractivity (Wildman–Crippen MR) is 82.8 cm³/mol. The molecule has 0 bridgehead atoms. The lowest BCUT2D eigenvalue weighted by Crippen LogP contribution is -2.05. The van der Waals surface area contributed by atoms with E-state index in [9.17, 15) is 0 Å². The number of aromatic nitrogens is 4. The maximum absolute atomic E-state index is 6.33. The summed E-state index contributed by atoms with van der Waals surface area (Å²) in [7, 11) is 0. The fraction of sp³-hybridized carbons (Fsp3) is 0. The van der Waals surface area contributed by atoms with Gasteiger partial charge in [-0.15, -0.1) is 0 Å². The Balaban J connectivity index is 0.000000960. The molecule has 0 aliphatic heterocycles. The van der Waals surface area contributed by atoms with Crippen molar-refractivity contribution in [3.63, 3.8) is 0 Å². The van der Waals surface area contributed by atoms with Crippen molar-refractivity contribution in [1.82, 2.24) is 19.6 Å². The lowest BCUT2D eigenvalue weighted by molar-refractivity contribution is 0.576. The maximum atomic E-state index is 6.33. The van der Waals surface area contributed by atoms with E-state index in [0.29, 0.717) is 33.7 Å². The van der Waals surface area contributed by atoms with Crippen LogP contribution < -0.4 is 5.73 Å². The van der Waals surface area contributed by atoms with E-state index >= 15 is 0 Å². The molecule has 4 rings (SSSR count). The number of fused-ring (bicyclic) bond motifs is 1. The van der Waals surface area contributed by atoms with Gasteiger partial charge in [0.1, 0.15) is 10.7 Å². The molecule has 120 valence electrons. The Morgan fingerprint density at radius 2 is 1.65 bits per heavy atom. The first-order chi connectivity index (χ1) is 10.2. The lowest BCUT2D eigenvalue weighted by Gasteiger charge is -2.00. The van der Waals surface area contributed by atoms with Crippen LogP contribution in [0.25, 0.3) is 28.7 Å². The molecule has 4 aromatic heterocycles. The standard InChI is InChI=1S/C13H8ClN5O2.2H2O/c14-9-10(7-3-1-5-20-7)18-19-12(9)16-11(17-13(19)15)8-4-2-6-21-8;;/h1-6H,(H2,15,16,17);2*1H2. The van der Waals surface area contributed by atoms with Crippen LogP contribution in [0.15, 0.2) is 45.6 Å². The summed E-state index contributed by atoms with van der Waals surface area (Å²) in [6.45, 7) is 0. The van der Waals surface area contributed by atoms with Crippen LogP contribution in [0.2, 0.25) is 5.02 Å². The molecular weight excluding hydrogens is 326 g/mol. The van der Waals surface area contributed by atoms with Gasteiger partial charge in [-0.2, -0.15) is 14.6 Å². The molecule has 4 aromatic rings. The van der Waals surface area contributed by atoms with E-state index in [2.05, 4.69) is 15.1 Å². The van der Waals surface area contributed by atoms with E-state index in [1.54, 1.807) is 30.5 Å². The highest BCUT2D eigenvalue weighted by molar-refractivity contribution is 6.36. The molecule has 0 unspecified atom stereocenters. The van der Waals surface area contributed by atoms with Crippen molar-refractivity contribution in [3.8, 4) is 23.0 Å². The molecule has 9 nitrogen and oxygen atoms in total.